The van der Waals surface area contributed by atoms with Gasteiger partial charge in [-0.3, -0.25) is 0 Å². The maximum absolute atomic E-state index is 3.86. The standard InChI is InChI=1S/C17H33IN2/c1-14(2)15-11-19-12-17(18,13-20-15)16(3)9-7-5-4-6-8-10-16/h14-15,19-20H,4-13H2,1-3H3. The number of hydrogen-bond donors (Lipinski definition) is 2. The molecule has 2 atom stereocenters. The normalized spacial score (nSPS) is 36.1. The van der Waals surface area contributed by atoms with E-state index in [0.717, 1.165) is 6.54 Å². The van der Waals surface area contributed by atoms with Crippen molar-refractivity contribution in [3.05, 3.63) is 0 Å². The predicted octanol–water partition coefficient (Wildman–Crippen LogP) is 4.13. The topological polar surface area (TPSA) is 24.1 Å². The van der Waals surface area contributed by atoms with Gasteiger partial charge in [-0.1, -0.05) is 75.5 Å². The van der Waals surface area contributed by atoms with E-state index in [4.69, 9.17) is 0 Å². The molecule has 0 aromatic heterocycles. The highest BCUT2D eigenvalue weighted by Crippen LogP contribution is 2.48. The first-order valence-corrected chi connectivity index (χ1v) is 9.68. The summed E-state index contributed by atoms with van der Waals surface area (Å²) in [5.41, 5.74) is 0.486. The second kappa shape index (κ2) is 7.28. The van der Waals surface area contributed by atoms with Crippen LogP contribution in [0.2, 0.25) is 0 Å². The molecule has 2 fully saturated rings. The van der Waals surface area contributed by atoms with Gasteiger partial charge >= 0.3 is 0 Å². The maximum atomic E-state index is 3.86. The van der Waals surface area contributed by atoms with E-state index in [1.165, 1.54) is 58.0 Å². The van der Waals surface area contributed by atoms with Gasteiger partial charge in [-0.2, -0.15) is 0 Å². The molecule has 1 aliphatic carbocycles. The van der Waals surface area contributed by atoms with Crippen LogP contribution in [0.4, 0.5) is 0 Å². The largest absolute Gasteiger partial charge is 0.314 e. The Morgan fingerprint density at radius 2 is 1.60 bits per heavy atom. The minimum Gasteiger partial charge on any atom is -0.314 e. The summed E-state index contributed by atoms with van der Waals surface area (Å²) >= 11 is 2.79. The fourth-order valence-corrected chi connectivity index (χ4v) is 4.91. The van der Waals surface area contributed by atoms with Gasteiger partial charge in [0, 0.05) is 25.7 Å². The van der Waals surface area contributed by atoms with E-state index >= 15 is 0 Å². The summed E-state index contributed by atoms with van der Waals surface area (Å²) in [6.07, 6.45) is 10.0. The van der Waals surface area contributed by atoms with Gasteiger partial charge in [-0.25, -0.2) is 0 Å². The first kappa shape index (κ1) is 17.0. The van der Waals surface area contributed by atoms with Gasteiger partial charge in [-0.15, -0.1) is 0 Å². The lowest BCUT2D eigenvalue weighted by Crippen LogP contribution is -2.52. The zero-order valence-corrected chi connectivity index (χ0v) is 15.8. The molecule has 0 spiro atoms. The van der Waals surface area contributed by atoms with Crippen molar-refractivity contribution < 1.29 is 0 Å². The molecule has 2 rings (SSSR count). The van der Waals surface area contributed by atoms with Gasteiger partial charge in [0.1, 0.15) is 0 Å². The van der Waals surface area contributed by atoms with Crippen molar-refractivity contribution >= 4 is 22.6 Å². The molecule has 1 saturated heterocycles. The van der Waals surface area contributed by atoms with Crippen LogP contribution in [0.25, 0.3) is 0 Å². The van der Waals surface area contributed by atoms with Gasteiger partial charge < -0.3 is 10.6 Å². The van der Waals surface area contributed by atoms with Crippen molar-refractivity contribution in [2.24, 2.45) is 11.3 Å². The van der Waals surface area contributed by atoms with E-state index in [-0.39, 0.29) is 0 Å². The van der Waals surface area contributed by atoms with Crippen LogP contribution in [0, 0.1) is 11.3 Å². The van der Waals surface area contributed by atoms with Gasteiger partial charge in [0.2, 0.25) is 0 Å². The Morgan fingerprint density at radius 3 is 2.20 bits per heavy atom. The summed E-state index contributed by atoms with van der Waals surface area (Å²) in [5.74, 6) is 0.714. The summed E-state index contributed by atoms with van der Waals surface area (Å²) in [6, 6.07) is 0.629. The molecular weight excluding hydrogens is 359 g/mol. The average Bonchev–Trinajstić information content (AvgIpc) is 2.57. The number of halogens is 1. The van der Waals surface area contributed by atoms with Gasteiger partial charge in [0.05, 0.1) is 3.42 Å². The summed E-state index contributed by atoms with van der Waals surface area (Å²) in [7, 11) is 0. The Morgan fingerprint density at radius 1 is 1.00 bits per heavy atom. The second-order valence-corrected chi connectivity index (χ2v) is 9.72. The zero-order valence-electron chi connectivity index (χ0n) is 13.6. The van der Waals surface area contributed by atoms with Crippen LogP contribution >= 0.6 is 22.6 Å². The number of hydrogen-bond acceptors (Lipinski definition) is 2. The molecule has 0 bridgehead atoms. The van der Waals surface area contributed by atoms with E-state index in [0.29, 0.717) is 20.8 Å². The van der Waals surface area contributed by atoms with E-state index in [1.807, 2.05) is 0 Å². The highest BCUT2D eigenvalue weighted by molar-refractivity contribution is 14.1. The van der Waals surface area contributed by atoms with Crippen LogP contribution in [0.15, 0.2) is 0 Å². The third kappa shape index (κ3) is 3.89. The summed E-state index contributed by atoms with van der Waals surface area (Å²) in [4.78, 5) is 0. The minimum atomic E-state index is 0.367. The first-order valence-electron chi connectivity index (χ1n) is 8.60. The highest BCUT2D eigenvalue weighted by Gasteiger charge is 2.46. The predicted molar refractivity (Wildman–Crippen MR) is 96.7 cm³/mol. The number of rotatable bonds is 2. The van der Waals surface area contributed by atoms with Gasteiger partial charge in [0.25, 0.3) is 0 Å². The number of nitrogens with one attached hydrogen (secondary N) is 2. The molecule has 20 heavy (non-hydrogen) atoms. The molecule has 1 saturated carbocycles. The molecule has 0 aromatic rings. The second-order valence-electron chi connectivity index (χ2n) is 7.66. The third-order valence-electron chi connectivity index (χ3n) is 5.76. The molecule has 1 aliphatic heterocycles. The SMILES string of the molecule is CC(C)C1CNCC(I)(C2(C)CCCCCCC2)CN1. The molecule has 2 unspecified atom stereocenters. The summed E-state index contributed by atoms with van der Waals surface area (Å²) in [6.45, 7) is 10.7. The Kier molecular flexibility index (Phi) is 6.19. The molecule has 2 nitrogen and oxygen atoms in total. The van der Waals surface area contributed by atoms with E-state index in [9.17, 15) is 0 Å². The van der Waals surface area contributed by atoms with E-state index < -0.39 is 0 Å². The Bertz CT molecular complexity index is 297. The quantitative estimate of drug-likeness (QED) is 0.546. The van der Waals surface area contributed by atoms with Crippen LogP contribution in [0.5, 0.6) is 0 Å². The lowest BCUT2D eigenvalue weighted by atomic mass is 9.68. The lowest BCUT2D eigenvalue weighted by Gasteiger charge is -2.46. The van der Waals surface area contributed by atoms with Crippen molar-refractivity contribution in [3.8, 4) is 0 Å². The molecule has 0 amide bonds. The van der Waals surface area contributed by atoms with Crippen LogP contribution in [-0.2, 0) is 0 Å². The fraction of sp³-hybridized carbons (Fsp3) is 1.00. The molecule has 0 radical (unpaired) electrons. The first-order chi connectivity index (χ1) is 9.47. The van der Waals surface area contributed by atoms with Gasteiger partial charge in [0.15, 0.2) is 0 Å². The van der Waals surface area contributed by atoms with E-state index in [1.54, 1.807) is 0 Å². The fourth-order valence-electron chi connectivity index (χ4n) is 3.89. The van der Waals surface area contributed by atoms with Crippen molar-refractivity contribution in [2.45, 2.75) is 75.2 Å². The molecule has 3 heteroatoms. The Labute approximate surface area is 139 Å². The van der Waals surface area contributed by atoms with Crippen LogP contribution in [0.1, 0.15) is 65.7 Å². The van der Waals surface area contributed by atoms with Crippen molar-refractivity contribution in [1.82, 2.24) is 10.6 Å². The van der Waals surface area contributed by atoms with Crippen molar-refractivity contribution in [3.63, 3.8) is 0 Å². The zero-order chi connectivity index (χ0) is 14.6. The maximum Gasteiger partial charge on any atom is 0.0524 e. The molecule has 118 valence electrons. The van der Waals surface area contributed by atoms with E-state index in [2.05, 4.69) is 54.0 Å². The Hall–Kier alpha value is 0.650. The van der Waals surface area contributed by atoms with Crippen LogP contribution in [-0.4, -0.2) is 29.1 Å². The monoisotopic (exact) mass is 392 g/mol. The molecule has 2 N–H and O–H groups in total. The highest BCUT2D eigenvalue weighted by atomic mass is 127. The van der Waals surface area contributed by atoms with Crippen molar-refractivity contribution in [1.29, 1.82) is 0 Å². The minimum absolute atomic E-state index is 0.367. The van der Waals surface area contributed by atoms with Crippen molar-refractivity contribution in [2.75, 3.05) is 19.6 Å². The summed E-state index contributed by atoms with van der Waals surface area (Å²) < 4.78 is 0.367. The van der Waals surface area contributed by atoms with Crippen LogP contribution < -0.4 is 10.6 Å². The number of alkyl halides is 1. The summed E-state index contributed by atoms with van der Waals surface area (Å²) in [5, 5.41) is 7.62. The average molecular weight is 392 g/mol. The molecule has 0 aromatic carbocycles. The Balaban J connectivity index is 2.07. The molecule has 1 heterocycles. The lowest BCUT2D eigenvalue weighted by molar-refractivity contribution is 0.172. The molecular formula is C17H33IN2. The molecule has 2 aliphatic rings. The van der Waals surface area contributed by atoms with Crippen LogP contribution in [0.3, 0.4) is 0 Å². The third-order valence-corrected chi connectivity index (χ3v) is 7.82. The smallest absolute Gasteiger partial charge is 0.0524 e. The van der Waals surface area contributed by atoms with Gasteiger partial charge in [-0.05, 0) is 24.2 Å².